The van der Waals surface area contributed by atoms with E-state index in [0.29, 0.717) is 6.42 Å². The summed E-state index contributed by atoms with van der Waals surface area (Å²) in [6, 6.07) is 0. The lowest BCUT2D eigenvalue weighted by atomic mass is 9.91. The molecule has 0 amide bonds. The zero-order chi connectivity index (χ0) is 11.4. The average Bonchev–Trinajstić information content (AvgIpc) is 2.00. The molecule has 1 unspecified atom stereocenters. The molecule has 0 aliphatic carbocycles. The van der Waals surface area contributed by atoms with Crippen molar-refractivity contribution in [3.8, 4) is 0 Å². The summed E-state index contributed by atoms with van der Waals surface area (Å²) in [6.45, 7) is 12.6. The van der Waals surface area contributed by atoms with Crippen LogP contribution in [0.5, 0.6) is 0 Å². The highest BCUT2D eigenvalue weighted by molar-refractivity contribution is 4.73. The first-order valence-corrected chi connectivity index (χ1v) is 5.58. The van der Waals surface area contributed by atoms with E-state index in [4.69, 9.17) is 4.74 Å². The molecule has 0 rings (SSSR count). The Balaban J connectivity index is 4.10. The van der Waals surface area contributed by atoms with Gasteiger partial charge in [0, 0.05) is 6.42 Å². The van der Waals surface area contributed by atoms with Crippen LogP contribution in [0.4, 0.5) is 0 Å². The molecule has 0 saturated carbocycles. The van der Waals surface area contributed by atoms with Gasteiger partial charge in [-0.15, -0.1) is 0 Å². The van der Waals surface area contributed by atoms with E-state index in [1.54, 1.807) is 0 Å². The fourth-order valence-electron chi connectivity index (χ4n) is 1.31. The highest BCUT2D eigenvalue weighted by atomic mass is 16.6. The summed E-state index contributed by atoms with van der Waals surface area (Å²) in [6.07, 6.45) is 1.91. The molecule has 0 aliphatic rings. The van der Waals surface area contributed by atoms with E-state index in [1.807, 2.05) is 0 Å². The minimum atomic E-state index is -0.639. The molecular weight excluding hydrogens is 176 g/mol. The maximum Gasteiger partial charge on any atom is 0.155 e. The summed E-state index contributed by atoms with van der Waals surface area (Å²) in [7, 11) is 0. The predicted molar refractivity (Wildman–Crippen MR) is 60.2 cm³/mol. The minimum absolute atomic E-state index is 0.113. The molecule has 0 spiro atoms. The summed E-state index contributed by atoms with van der Waals surface area (Å²) in [5.74, 6) is 0. The van der Waals surface area contributed by atoms with Crippen LogP contribution in [-0.2, 0) is 4.74 Å². The van der Waals surface area contributed by atoms with Gasteiger partial charge in [-0.3, -0.25) is 0 Å². The van der Waals surface area contributed by atoms with Crippen molar-refractivity contribution < 1.29 is 9.84 Å². The molecule has 0 aromatic heterocycles. The Morgan fingerprint density at radius 3 is 1.79 bits per heavy atom. The largest absolute Gasteiger partial charge is 0.368 e. The summed E-state index contributed by atoms with van der Waals surface area (Å²) in [5.41, 5.74) is -0.0630. The van der Waals surface area contributed by atoms with Crippen LogP contribution in [0.2, 0.25) is 0 Å². The van der Waals surface area contributed by atoms with Crippen molar-refractivity contribution in [2.45, 2.75) is 72.7 Å². The maximum absolute atomic E-state index is 9.76. The molecule has 0 radical (unpaired) electrons. The lowest BCUT2D eigenvalue weighted by Gasteiger charge is -2.32. The van der Waals surface area contributed by atoms with Gasteiger partial charge in [0.05, 0.1) is 5.60 Å². The second kappa shape index (κ2) is 5.13. The third kappa shape index (κ3) is 5.61. The molecule has 0 aromatic carbocycles. The molecule has 1 N–H and O–H groups in total. The minimum Gasteiger partial charge on any atom is -0.368 e. The summed E-state index contributed by atoms with van der Waals surface area (Å²) < 4.78 is 5.67. The number of aliphatic hydroxyl groups is 1. The first-order valence-electron chi connectivity index (χ1n) is 5.58. The highest BCUT2D eigenvalue weighted by Gasteiger charge is 2.26. The summed E-state index contributed by atoms with van der Waals surface area (Å²) in [4.78, 5) is 0. The van der Waals surface area contributed by atoms with Crippen LogP contribution in [-0.4, -0.2) is 17.0 Å². The fourth-order valence-corrected chi connectivity index (χ4v) is 1.31. The first kappa shape index (κ1) is 13.9. The molecule has 0 aliphatic heterocycles. The van der Waals surface area contributed by atoms with Gasteiger partial charge in [0.25, 0.3) is 0 Å². The van der Waals surface area contributed by atoms with Crippen LogP contribution in [0, 0.1) is 5.41 Å². The zero-order valence-corrected chi connectivity index (χ0v) is 10.6. The van der Waals surface area contributed by atoms with Crippen molar-refractivity contribution in [3.05, 3.63) is 0 Å². The normalized spacial score (nSPS) is 15.6. The molecule has 0 fully saturated rings. The van der Waals surface area contributed by atoms with Gasteiger partial charge in [0.1, 0.15) is 0 Å². The third-order valence-electron chi connectivity index (χ3n) is 2.70. The number of hydrogen-bond acceptors (Lipinski definition) is 2. The first-order chi connectivity index (χ1) is 6.22. The quantitative estimate of drug-likeness (QED) is 0.693. The van der Waals surface area contributed by atoms with Gasteiger partial charge in [0.15, 0.2) is 6.29 Å². The number of ether oxygens (including phenoxy) is 1. The molecule has 0 aromatic rings. The number of rotatable bonds is 5. The topological polar surface area (TPSA) is 29.5 Å². The van der Waals surface area contributed by atoms with Gasteiger partial charge in [-0.25, -0.2) is 0 Å². The van der Waals surface area contributed by atoms with Crippen molar-refractivity contribution >= 4 is 0 Å². The third-order valence-corrected chi connectivity index (χ3v) is 2.70. The van der Waals surface area contributed by atoms with Crippen molar-refractivity contribution in [2.24, 2.45) is 5.41 Å². The molecule has 2 heteroatoms. The van der Waals surface area contributed by atoms with Crippen LogP contribution < -0.4 is 0 Å². The van der Waals surface area contributed by atoms with Gasteiger partial charge in [-0.2, -0.15) is 0 Å². The van der Waals surface area contributed by atoms with Gasteiger partial charge in [-0.1, -0.05) is 34.6 Å². The number of aliphatic hydroxyl groups excluding tert-OH is 1. The molecule has 0 bridgehead atoms. The van der Waals surface area contributed by atoms with Crippen molar-refractivity contribution in [3.63, 3.8) is 0 Å². The van der Waals surface area contributed by atoms with Crippen LogP contribution in [0.3, 0.4) is 0 Å². The van der Waals surface area contributed by atoms with Crippen LogP contribution in [0.1, 0.15) is 60.8 Å². The van der Waals surface area contributed by atoms with Crippen LogP contribution >= 0.6 is 0 Å². The van der Waals surface area contributed by atoms with E-state index in [-0.39, 0.29) is 11.0 Å². The molecule has 2 nitrogen and oxygen atoms in total. The van der Waals surface area contributed by atoms with E-state index in [9.17, 15) is 5.11 Å². The predicted octanol–water partition coefficient (Wildman–Crippen LogP) is 3.34. The lowest BCUT2D eigenvalue weighted by Crippen LogP contribution is -2.34. The Labute approximate surface area is 88.7 Å². The Hall–Kier alpha value is -0.0800. The molecule has 86 valence electrons. The van der Waals surface area contributed by atoms with Gasteiger partial charge >= 0.3 is 0 Å². The molecule has 1 atom stereocenters. The zero-order valence-electron chi connectivity index (χ0n) is 10.6. The Bertz CT molecular complexity index is 154. The Morgan fingerprint density at radius 2 is 1.50 bits per heavy atom. The summed E-state index contributed by atoms with van der Waals surface area (Å²) in [5, 5.41) is 9.76. The Morgan fingerprint density at radius 1 is 1.07 bits per heavy atom. The monoisotopic (exact) mass is 202 g/mol. The van der Waals surface area contributed by atoms with E-state index < -0.39 is 6.29 Å². The van der Waals surface area contributed by atoms with E-state index in [2.05, 4.69) is 41.5 Å². The van der Waals surface area contributed by atoms with Crippen molar-refractivity contribution in [1.82, 2.24) is 0 Å². The fraction of sp³-hybridized carbons (Fsp3) is 1.00. The van der Waals surface area contributed by atoms with Gasteiger partial charge in [-0.05, 0) is 25.2 Å². The average molecular weight is 202 g/mol. The second-order valence-electron chi connectivity index (χ2n) is 5.49. The maximum atomic E-state index is 9.76. The molecule has 0 heterocycles. The highest BCUT2D eigenvalue weighted by Crippen LogP contribution is 2.27. The molecule has 14 heavy (non-hydrogen) atoms. The number of hydrogen-bond donors (Lipinski definition) is 1. The van der Waals surface area contributed by atoms with E-state index in [0.717, 1.165) is 12.8 Å². The SMILES string of the molecule is CCC(C)(CC)OC(O)CC(C)(C)C. The van der Waals surface area contributed by atoms with Gasteiger partial charge in [0.2, 0.25) is 0 Å². The second-order valence-corrected chi connectivity index (χ2v) is 5.49. The molecular formula is C12H26O2. The van der Waals surface area contributed by atoms with Gasteiger partial charge < -0.3 is 9.84 Å². The van der Waals surface area contributed by atoms with E-state index in [1.165, 1.54) is 0 Å². The smallest absolute Gasteiger partial charge is 0.155 e. The van der Waals surface area contributed by atoms with Crippen molar-refractivity contribution in [2.75, 3.05) is 0 Å². The molecule has 0 saturated heterocycles. The Kier molecular flexibility index (Phi) is 5.10. The summed E-state index contributed by atoms with van der Waals surface area (Å²) >= 11 is 0. The van der Waals surface area contributed by atoms with E-state index >= 15 is 0 Å². The van der Waals surface area contributed by atoms with Crippen LogP contribution in [0.15, 0.2) is 0 Å². The van der Waals surface area contributed by atoms with Crippen molar-refractivity contribution in [1.29, 1.82) is 0 Å². The standard InChI is InChI=1S/C12H26O2/c1-7-12(6,8-2)14-10(13)9-11(3,4)5/h10,13H,7-9H2,1-6H3. The lowest BCUT2D eigenvalue weighted by molar-refractivity contribution is -0.192. The van der Waals surface area contributed by atoms with Crippen LogP contribution in [0.25, 0.3) is 0 Å².